The molecular formula is C25H32N6O2. The van der Waals surface area contributed by atoms with Gasteiger partial charge in [0, 0.05) is 38.6 Å². The molecule has 1 aliphatic heterocycles. The molecule has 5 rings (SSSR count). The van der Waals surface area contributed by atoms with Crippen LogP contribution in [0.15, 0.2) is 39.9 Å². The van der Waals surface area contributed by atoms with Gasteiger partial charge in [-0.1, -0.05) is 30.3 Å². The highest BCUT2D eigenvalue weighted by Crippen LogP contribution is 2.23. The first-order valence-electron chi connectivity index (χ1n) is 11.8. The van der Waals surface area contributed by atoms with Gasteiger partial charge in [-0.3, -0.25) is 18.3 Å². The molecule has 0 unspecified atom stereocenters. The average Bonchev–Trinajstić information content (AvgIpc) is 3.32. The first-order valence-corrected chi connectivity index (χ1v) is 11.8. The van der Waals surface area contributed by atoms with E-state index in [9.17, 15) is 9.59 Å². The Morgan fingerprint density at radius 2 is 1.64 bits per heavy atom. The third kappa shape index (κ3) is 3.62. The Kier molecular flexibility index (Phi) is 5.48. The Morgan fingerprint density at radius 3 is 2.33 bits per heavy atom. The lowest BCUT2D eigenvalue weighted by Gasteiger charge is -2.32. The SMILES string of the molecule is Cc1c(C)n2c3c(=O)n(C)c(=O)n(C)c3nc2n1CCN1CCC(Cc2ccccc2)CC1. The first kappa shape index (κ1) is 21.7. The zero-order valence-electron chi connectivity index (χ0n) is 19.9. The van der Waals surface area contributed by atoms with Crippen LogP contribution >= 0.6 is 0 Å². The van der Waals surface area contributed by atoms with E-state index in [0.29, 0.717) is 11.2 Å². The number of imidazole rings is 2. The summed E-state index contributed by atoms with van der Waals surface area (Å²) in [5, 5.41) is 0. The van der Waals surface area contributed by atoms with Gasteiger partial charge in [0.1, 0.15) is 0 Å². The first-order chi connectivity index (χ1) is 15.9. The molecule has 0 spiro atoms. The molecule has 1 fully saturated rings. The summed E-state index contributed by atoms with van der Waals surface area (Å²) < 4.78 is 6.72. The van der Waals surface area contributed by atoms with Gasteiger partial charge in [-0.25, -0.2) is 4.79 Å². The Balaban J connectivity index is 1.35. The molecule has 0 bridgehead atoms. The van der Waals surface area contributed by atoms with Crippen molar-refractivity contribution < 1.29 is 0 Å². The van der Waals surface area contributed by atoms with E-state index in [-0.39, 0.29) is 11.2 Å². The van der Waals surface area contributed by atoms with Crippen molar-refractivity contribution in [1.29, 1.82) is 0 Å². The fraction of sp³-hybridized carbons (Fsp3) is 0.480. The maximum Gasteiger partial charge on any atom is 0.332 e. The van der Waals surface area contributed by atoms with Crippen molar-refractivity contribution in [2.24, 2.45) is 20.0 Å². The Morgan fingerprint density at radius 1 is 0.939 bits per heavy atom. The second-order valence-electron chi connectivity index (χ2n) is 9.42. The molecule has 1 aromatic carbocycles. The van der Waals surface area contributed by atoms with E-state index in [2.05, 4.69) is 46.7 Å². The molecule has 1 aliphatic rings. The number of hydrogen-bond donors (Lipinski definition) is 0. The van der Waals surface area contributed by atoms with Crippen molar-refractivity contribution in [1.82, 2.24) is 28.0 Å². The molecule has 0 N–H and O–H groups in total. The summed E-state index contributed by atoms with van der Waals surface area (Å²) in [6.07, 6.45) is 3.61. The van der Waals surface area contributed by atoms with Gasteiger partial charge in [0.05, 0.1) is 0 Å². The van der Waals surface area contributed by atoms with Gasteiger partial charge in [0.15, 0.2) is 11.2 Å². The topological polar surface area (TPSA) is 69.5 Å². The number of aryl methyl sites for hydroxylation is 2. The summed E-state index contributed by atoms with van der Waals surface area (Å²) in [5.41, 5.74) is 3.78. The van der Waals surface area contributed by atoms with Crippen molar-refractivity contribution in [3.8, 4) is 0 Å². The number of hydrogen-bond acceptors (Lipinski definition) is 4. The van der Waals surface area contributed by atoms with Gasteiger partial charge in [-0.15, -0.1) is 0 Å². The zero-order chi connectivity index (χ0) is 23.3. The summed E-state index contributed by atoms with van der Waals surface area (Å²) in [7, 11) is 3.19. The van der Waals surface area contributed by atoms with Crippen LogP contribution in [0.3, 0.4) is 0 Å². The van der Waals surface area contributed by atoms with Crippen LogP contribution in [0.2, 0.25) is 0 Å². The highest BCUT2D eigenvalue weighted by atomic mass is 16.2. The molecule has 8 heteroatoms. The molecule has 1 saturated heterocycles. The summed E-state index contributed by atoms with van der Waals surface area (Å²) in [5.74, 6) is 1.48. The molecule has 3 aromatic heterocycles. The fourth-order valence-corrected chi connectivity index (χ4v) is 5.26. The van der Waals surface area contributed by atoms with Gasteiger partial charge in [-0.05, 0) is 57.7 Å². The quantitative estimate of drug-likeness (QED) is 0.470. The van der Waals surface area contributed by atoms with Crippen LogP contribution in [-0.2, 0) is 27.1 Å². The van der Waals surface area contributed by atoms with E-state index in [1.54, 1.807) is 7.05 Å². The Labute approximate surface area is 192 Å². The highest BCUT2D eigenvalue weighted by molar-refractivity contribution is 5.76. The predicted molar refractivity (Wildman–Crippen MR) is 130 cm³/mol. The third-order valence-corrected chi connectivity index (χ3v) is 7.46. The standard InChI is InChI=1S/C25H32N6O2/c1-17-18(2)31-21-22(27(3)25(33)28(4)23(21)32)26-24(31)30(17)15-14-29-12-10-20(11-13-29)16-19-8-6-5-7-9-19/h5-9,20H,10-16H2,1-4H3. The van der Waals surface area contributed by atoms with Crippen LogP contribution in [0.5, 0.6) is 0 Å². The van der Waals surface area contributed by atoms with E-state index in [0.717, 1.165) is 53.8 Å². The van der Waals surface area contributed by atoms with E-state index < -0.39 is 0 Å². The summed E-state index contributed by atoms with van der Waals surface area (Å²) >= 11 is 0. The number of rotatable bonds is 5. The monoisotopic (exact) mass is 448 g/mol. The molecule has 0 aliphatic carbocycles. The smallest absolute Gasteiger partial charge is 0.313 e. The third-order valence-electron chi connectivity index (χ3n) is 7.46. The van der Waals surface area contributed by atoms with E-state index in [4.69, 9.17) is 4.98 Å². The molecule has 0 radical (unpaired) electrons. The van der Waals surface area contributed by atoms with Crippen LogP contribution < -0.4 is 11.2 Å². The van der Waals surface area contributed by atoms with Crippen LogP contribution in [0.1, 0.15) is 29.8 Å². The fourth-order valence-electron chi connectivity index (χ4n) is 5.26. The molecule has 4 heterocycles. The lowest BCUT2D eigenvalue weighted by molar-refractivity contribution is 0.178. The number of likely N-dealkylation sites (tertiary alicyclic amines) is 1. The van der Waals surface area contributed by atoms with Crippen LogP contribution in [0, 0.1) is 19.8 Å². The van der Waals surface area contributed by atoms with Crippen LogP contribution in [0.25, 0.3) is 16.9 Å². The Bertz CT molecular complexity index is 1430. The second kappa shape index (κ2) is 8.33. The second-order valence-corrected chi connectivity index (χ2v) is 9.42. The predicted octanol–water partition coefficient (Wildman–Crippen LogP) is 2.26. The summed E-state index contributed by atoms with van der Waals surface area (Å²) in [6, 6.07) is 10.8. The minimum absolute atomic E-state index is 0.304. The molecule has 0 atom stereocenters. The van der Waals surface area contributed by atoms with Crippen molar-refractivity contribution in [3.63, 3.8) is 0 Å². The molecule has 174 valence electrons. The van der Waals surface area contributed by atoms with Crippen LogP contribution in [0.4, 0.5) is 0 Å². The van der Waals surface area contributed by atoms with Gasteiger partial charge in [-0.2, -0.15) is 4.98 Å². The molecular weight excluding hydrogens is 416 g/mol. The maximum atomic E-state index is 12.9. The van der Waals surface area contributed by atoms with Crippen molar-refractivity contribution in [2.75, 3.05) is 19.6 Å². The van der Waals surface area contributed by atoms with Crippen molar-refractivity contribution in [2.45, 2.75) is 39.7 Å². The summed E-state index contributed by atoms with van der Waals surface area (Å²) in [4.78, 5) is 32.5. The maximum absolute atomic E-state index is 12.9. The number of fused-ring (bicyclic) bond motifs is 3. The van der Waals surface area contributed by atoms with E-state index in [1.165, 1.54) is 36.4 Å². The minimum atomic E-state index is -0.354. The van der Waals surface area contributed by atoms with Gasteiger partial charge < -0.3 is 9.47 Å². The Hall–Kier alpha value is -3.13. The lowest BCUT2D eigenvalue weighted by atomic mass is 9.90. The number of piperidine rings is 1. The van der Waals surface area contributed by atoms with Crippen molar-refractivity contribution >= 4 is 16.9 Å². The van der Waals surface area contributed by atoms with Gasteiger partial charge >= 0.3 is 5.69 Å². The number of aromatic nitrogens is 5. The highest BCUT2D eigenvalue weighted by Gasteiger charge is 2.23. The largest absolute Gasteiger partial charge is 0.332 e. The average molecular weight is 449 g/mol. The molecule has 0 amide bonds. The van der Waals surface area contributed by atoms with E-state index in [1.807, 2.05) is 11.3 Å². The molecule has 0 saturated carbocycles. The number of nitrogens with zero attached hydrogens (tertiary/aromatic N) is 6. The molecule has 4 aromatic rings. The normalized spacial score (nSPS) is 15.8. The minimum Gasteiger partial charge on any atom is -0.313 e. The lowest BCUT2D eigenvalue weighted by Crippen LogP contribution is -2.37. The van der Waals surface area contributed by atoms with Gasteiger partial charge in [0.25, 0.3) is 5.56 Å². The zero-order valence-corrected chi connectivity index (χ0v) is 19.9. The van der Waals surface area contributed by atoms with Gasteiger partial charge in [0.2, 0.25) is 5.78 Å². The van der Waals surface area contributed by atoms with E-state index >= 15 is 0 Å². The molecule has 8 nitrogen and oxygen atoms in total. The van der Waals surface area contributed by atoms with Crippen molar-refractivity contribution in [3.05, 3.63) is 68.1 Å². The number of benzene rings is 1. The molecule has 33 heavy (non-hydrogen) atoms. The van der Waals surface area contributed by atoms with Crippen LogP contribution in [-0.4, -0.2) is 47.6 Å². The summed E-state index contributed by atoms with van der Waals surface area (Å²) in [6.45, 7) is 8.07.